The number of benzene rings is 1. The number of halogens is 1. The number of nitrogen functional groups attached to an aromatic ring is 1. The number of hydrogen-bond acceptors (Lipinski definition) is 9. The SMILES string of the molecule is C[C@@H]1COCCN1CN(CC1CCCCC1)c1c(N)nc(C(=N)OC(N)=O)nc1-c1cccc(Cl)c1. The van der Waals surface area contributed by atoms with Crippen LogP contribution in [-0.2, 0) is 9.47 Å². The third kappa shape index (κ3) is 6.43. The lowest BCUT2D eigenvalue weighted by molar-refractivity contribution is -0.000475. The molecule has 4 rings (SSSR count). The molecule has 194 valence electrons. The number of nitrogens with zero attached hydrogens (tertiary/aromatic N) is 4. The van der Waals surface area contributed by atoms with Gasteiger partial charge in [-0.2, -0.15) is 0 Å². The Bertz CT molecular complexity index is 1090. The Labute approximate surface area is 216 Å². The fraction of sp³-hybridized carbons (Fsp3) is 0.520. The summed E-state index contributed by atoms with van der Waals surface area (Å²) in [6, 6.07) is 7.55. The van der Waals surface area contributed by atoms with Crippen LogP contribution in [0.3, 0.4) is 0 Å². The molecule has 0 radical (unpaired) electrons. The largest absolute Gasteiger partial charge is 0.411 e. The Morgan fingerprint density at radius 3 is 2.78 bits per heavy atom. The number of rotatable bonds is 7. The lowest BCUT2D eigenvalue weighted by atomic mass is 9.89. The summed E-state index contributed by atoms with van der Waals surface area (Å²) in [5.41, 5.74) is 13.6. The molecule has 1 aliphatic carbocycles. The van der Waals surface area contributed by atoms with Gasteiger partial charge in [0.1, 0.15) is 11.4 Å². The van der Waals surface area contributed by atoms with Crippen LogP contribution in [0.2, 0.25) is 5.02 Å². The van der Waals surface area contributed by atoms with Gasteiger partial charge in [-0.3, -0.25) is 10.3 Å². The molecule has 1 aromatic heterocycles. The molecule has 2 heterocycles. The van der Waals surface area contributed by atoms with Gasteiger partial charge in [0.05, 0.1) is 19.9 Å². The highest BCUT2D eigenvalue weighted by molar-refractivity contribution is 6.30. The maximum Gasteiger partial charge on any atom is 0.411 e. The summed E-state index contributed by atoms with van der Waals surface area (Å²) < 4.78 is 10.4. The van der Waals surface area contributed by atoms with E-state index >= 15 is 0 Å². The molecule has 36 heavy (non-hydrogen) atoms. The number of hydrogen-bond donors (Lipinski definition) is 3. The minimum absolute atomic E-state index is 0.123. The molecule has 11 heteroatoms. The third-order valence-electron chi connectivity index (χ3n) is 6.79. The lowest BCUT2D eigenvalue weighted by Crippen LogP contribution is -2.50. The van der Waals surface area contributed by atoms with Crippen molar-refractivity contribution in [3.8, 4) is 11.3 Å². The van der Waals surface area contributed by atoms with Crippen molar-refractivity contribution in [1.82, 2.24) is 14.9 Å². The number of ether oxygens (including phenoxy) is 2. The fourth-order valence-electron chi connectivity index (χ4n) is 4.96. The van der Waals surface area contributed by atoms with Crippen molar-refractivity contribution in [1.29, 1.82) is 5.41 Å². The van der Waals surface area contributed by atoms with Crippen LogP contribution in [0.5, 0.6) is 0 Å². The van der Waals surface area contributed by atoms with E-state index < -0.39 is 12.0 Å². The smallest absolute Gasteiger partial charge is 0.388 e. The van der Waals surface area contributed by atoms with E-state index in [1.165, 1.54) is 19.3 Å². The second kappa shape index (κ2) is 11.9. The van der Waals surface area contributed by atoms with Crippen molar-refractivity contribution in [2.45, 2.75) is 45.1 Å². The highest BCUT2D eigenvalue weighted by Crippen LogP contribution is 2.37. The first-order valence-corrected chi connectivity index (χ1v) is 12.8. The number of anilines is 2. The Balaban J connectivity index is 1.80. The predicted molar refractivity (Wildman–Crippen MR) is 140 cm³/mol. The Kier molecular flexibility index (Phi) is 8.60. The zero-order valence-electron chi connectivity index (χ0n) is 20.6. The third-order valence-corrected chi connectivity index (χ3v) is 7.03. The molecular weight excluding hydrogens is 482 g/mol. The maximum atomic E-state index is 11.2. The van der Waals surface area contributed by atoms with Gasteiger partial charge in [0, 0.05) is 29.7 Å². The van der Waals surface area contributed by atoms with E-state index in [9.17, 15) is 4.79 Å². The Hall–Kier alpha value is -2.95. The summed E-state index contributed by atoms with van der Waals surface area (Å²) >= 11 is 6.33. The second-order valence-corrected chi connectivity index (χ2v) is 9.93. The zero-order valence-corrected chi connectivity index (χ0v) is 21.3. The van der Waals surface area contributed by atoms with Crippen molar-refractivity contribution in [3.05, 3.63) is 35.1 Å². The summed E-state index contributed by atoms with van der Waals surface area (Å²) in [7, 11) is 0. The number of carbonyl (C=O) groups excluding carboxylic acids is 1. The number of carbonyl (C=O) groups is 1. The van der Waals surface area contributed by atoms with Gasteiger partial charge in [-0.1, -0.05) is 43.0 Å². The second-order valence-electron chi connectivity index (χ2n) is 9.49. The number of morpholine rings is 1. The highest BCUT2D eigenvalue weighted by atomic mass is 35.5. The molecule has 0 spiro atoms. The van der Waals surface area contributed by atoms with E-state index in [0.717, 1.165) is 31.5 Å². The van der Waals surface area contributed by atoms with Gasteiger partial charge in [-0.15, -0.1) is 0 Å². The van der Waals surface area contributed by atoms with Crippen LogP contribution in [0.1, 0.15) is 44.9 Å². The van der Waals surface area contributed by atoms with E-state index in [1.807, 2.05) is 12.1 Å². The topological polar surface area (TPSA) is 144 Å². The molecule has 2 fully saturated rings. The lowest BCUT2D eigenvalue weighted by Gasteiger charge is -2.40. The first-order chi connectivity index (χ1) is 17.3. The minimum atomic E-state index is -1.12. The van der Waals surface area contributed by atoms with Crippen LogP contribution in [0.4, 0.5) is 16.3 Å². The molecule has 5 N–H and O–H groups in total. The summed E-state index contributed by atoms with van der Waals surface area (Å²) in [6.07, 6.45) is 4.93. The molecule has 1 amide bonds. The first-order valence-electron chi connectivity index (χ1n) is 12.4. The van der Waals surface area contributed by atoms with Crippen LogP contribution in [-0.4, -0.2) is 65.9 Å². The molecule has 0 bridgehead atoms. The van der Waals surface area contributed by atoms with Crippen LogP contribution < -0.4 is 16.4 Å². The molecule has 0 unspecified atom stereocenters. The van der Waals surface area contributed by atoms with Crippen molar-refractivity contribution < 1.29 is 14.3 Å². The van der Waals surface area contributed by atoms with Crippen molar-refractivity contribution in [2.24, 2.45) is 11.7 Å². The number of nitrogens with two attached hydrogens (primary N) is 2. The van der Waals surface area contributed by atoms with Crippen LogP contribution in [0.15, 0.2) is 24.3 Å². The molecular formula is C25H34ClN7O3. The molecule has 2 aliphatic rings. The average Bonchev–Trinajstić information content (AvgIpc) is 2.85. The van der Waals surface area contributed by atoms with Crippen molar-refractivity contribution in [2.75, 3.05) is 43.6 Å². The van der Waals surface area contributed by atoms with Gasteiger partial charge < -0.3 is 25.8 Å². The van der Waals surface area contributed by atoms with E-state index in [2.05, 4.69) is 26.7 Å². The minimum Gasteiger partial charge on any atom is -0.388 e. The van der Waals surface area contributed by atoms with Gasteiger partial charge in [-0.05, 0) is 37.8 Å². The van der Waals surface area contributed by atoms with Gasteiger partial charge in [0.25, 0.3) is 5.90 Å². The fourth-order valence-corrected chi connectivity index (χ4v) is 5.15. The molecule has 1 saturated carbocycles. The van der Waals surface area contributed by atoms with Gasteiger partial charge >= 0.3 is 6.09 Å². The van der Waals surface area contributed by atoms with Gasteiger partial charge in [-0.25, -0.2) is 14.8 Å². The molecule has 2 aromatic rings. The maximum absolute atomic E-state index is 11.2. The monoisotopic (exact) mass is 515 g/mol. The van der Waals surface area contributed by atoms with E-state index in [0.29, 0.717) is 42.2 Å². The van der Waals surface area contributed by atoms with Crippen molar-refractivity contribution in [3.63, 3.8) is 0 Å². The summed E-state index contributed by atoms with van der Waals surface area (Å²) in [4.78, 5) is 24.9. The predicted octanol–water partition coefficient (Wildman–Crippen LogP) is 3.86. The first kappa shape index (κ1) is 26.1. The van der Waals surface area contributed by atoms with Crippen LogP contribution >= 0.6 is 11.6 Å². The van der Waals surface area contributed by atoms with E-state index in [4.69, 9.17) is 38.0 Å². The molecule has 1 aromatic carbocycles. The average molecular weight is 516 g/mol. The Morgan fingerprint density at radius 1 is 1.31 bits per heavy atom. The summed E-state index contributed by atoms with van der Waals surface area (Å²) in [5, 5.41) is 8.65. The van der Waals surface area contributed by atoms with Gasteiger partial charge in [0.2, 0.25) is 5.82 Å². The van der Waals surface area contributed by atoms with Gasteiger partial charge in [0.15, 0.2) is 5.82 Å². The number of aromatic nitrogens is 2. The Morgan fingerprint density at radius 2 is 2.08 bits per heavy atom. The molecule has 10 nitrogen and oxygen atoms in total. The van der Waals surface area contributed by atoms with Crippen LogP contribution in [0, 0.1) is 11.3 Å². The number of amides is 1. The van der Waals surface area contributed by atoms with Crippen molar-refractivity contribution >= 4 is 35.1 Å². The molecule has 1 aliphatic heterocycles. The van der Waals surface area contributed by atoms with Crippen LogP contribution in [0.25, 0.3) is 11.3 Å². The number of primary amides is 1. The van der Waals surface area contributed by atoms with E-state index in [-0.39, 0.29) is 17.7 Å². The van der Waals surface area contributed by atoms with E-state index in [1.54, 1.807) is 12.1 Å². The summed E-state index contributed by atoms with van der Waals surface area (Å²) in [6.45, 7) is 5.75. The molecule has 1 saturated heterocycles. The highest BCUT2D eigenvalue weighted by Gasteiger charge is 2.29. The quantitative estimate of drug-likeness (QED) is 0.372. The summed E-state index contributed by atoms with van der Waals surface area (Å²) in [5.74, 6) is 0.0365. The normalized spacial score (nSPS) is 19.1. The molecule has 1 atom stereocenters. The zero-order chi connectivity index (χ0) is 25.7. The number of nitrogens with one attached hydrogen (secondary N) is 1. The standard InChI is InChI=1S/C25H34ClN7O3/c1-16-14-35-11-10-32(16)15-33(13-17-6-3-2-4-7-17)21-20(18-8-5-9-19(26)12-18)30-24(31-22(21)27)23(28)36-25(29)34/h5,8-9,12,16-17,28H,2-4,6-7,10-11,13-15H2,1H3,(H2,29,34)(H2,27,30,31)/t16-/m1/s1.